The molecule has 3 N–H and O–H groups in total. The number of halogens is 2. The van der Waals surface area contributed by atoms with Gasteiger partial charge in [-0.3, -0.25) is 0 Å². The zero-order chi connectivity index (χ0) is 14.0. The van der Waals surface area contributed by atoms with Crippen LogP contribution in [0.3, 0.4) is 0 Å². The van der Waals surface area contributed by atoms with E-state index in [1.54, 1.807) is 0 Å². The van der Waals surface area contributed by atoms with Crippen LogP contribution >= 0.6 is 24.8 Å². The summed E-state index contributed by atoms with van der Waals surface area (Å²) in [6.07, 6.45) is 3.42. The Morgan fingerprint density at radius 1 is 1.23 bits per heavy atom. The topological polar surface area (TPSA) is 77.0 Å². The van der Waals surface area contributed by atoms with Crippen LogP contribution in [-0.2, 0) is 12.1 Å². The molecule has 7 heteroatoms. The summed E-state index contributed by atoms with van der Waals surface area (Å²) in [6, 6.07) is 7.94. The third-order valence-corrected chi connectivity index (χ3v) is 3.96. The fourth-order valence-electron chi connectivity index (χ4n) is 2.59. The summed E-state index contributed by atoms with van der Waals surface area (Å²) < 4.78 is 5.47. The van der Waals surface area contributed by atoms with Gasteiger partial charge in [0.2, 0.25) is 11.7 Å². The number of nitrogens with two attached hydrogens (primary N) is 1. The predicted molar refractivity (Wildman–Crippen MR) is 91.3 cm³/mol. The van der Waals surface area contributed by atoms with Crippen molar-refractivity contribution in [2.24, 2.45) is 5.73 Å². The van der Waals surface area contributed by atoms with E-state index in [0.29, 0.717) is 18.3 Å². The molecule has 1 saturated heterocycles. The largest absolute Gasteiger partial charge is 0.337 e. The molecule has 0 spiro atoms. The molecule has 0 bridgehead atoms. The zero-order valence-electron chi connectivity index (χ0n) is 12.5. The highest BCUT2D eigenvalue weighted by atomic mass is 35.5. The standard InChI is InChI=1S/C15H20N4O.2ClH/c1-15(8-2-3-9-17-15)14-18-13(19-20-14)12-6-4-11(10-16)5-7-12;;/h4-7,17H,2-3,8-10,16H2,1H3;2*1H. The Labute approximate surface area is 142 Å². The first-order chi connectivity index (χ1) is 9.71. The van der Waals surface area contributed by atoms with E-state index in [1.807, 2.05) is 24.3 Å². The fourth-order valence-corrected chi connectivity index (χ4v) is 2.59. The van der Waals surface area contributed by atoms with Crippen LogP contribution in [0.5, 0.6) is 0 Å². The van der Waals surface area contributed by atoms with Crippen molar-refractivity contribution in [3.8, 4) is 11.4 Å². The summed E-state index contributed by atoms with van der Waals surface area (Å²) in [5.74, 6) is 1.31. The van der Waals surface area contributed by atoms with Crippen molar-refractivity contribution in [1.29, 1.82) is 0 Å². The fraction of sp³-hybridized carbons (Fsp3) is 0.467. The molecular weight excluding hydrogens is 323 g/mol. The van der Waals surface area contributed by atoms with Gasteiger partial charge in [-0.1, -0.05) is 29.4 Å². The van der Waals surface area contributed by atoms with Gasteiger partial charge in [-0.2, -0.15) is 4.98 Å². The summed E-state index contributed by atoms with van der Waals surface area (Å²) in [7, 11) is 0. The first kappa shape index (κ1) is 18.9. The lowest BCUT2D eigenvalue weighted by atomic mass is 9.91. The highest BCUT2D eigenvalue weighted by Crippen LogP contribution is 2.30. The minimum Gasteiger partial charge on any atom is -0.337 e. The van der Waals surface area contributed by atoms with Crippen LogP contribution in [0, 0.1) is 0 Å². The van der Waals surface area contributed by atoms with Crippen molar-refractivity contribution < 1.29 is 4.52 Å². The monoisotopic (exact) mass is 344 g/mol. The first-order valence-corrected chi connectivity index (χ1v) is 7.10. The molecule has 0 amide bonds. The third-order valence-electron chi connectivity index (χ3n) is 3.96. The molecule has 3 rings (SSSR count). The van der Waals surface area contributed by atoms with Gasteiger partial charge in [0, 0.05) is 12.1 Å². The molecule has 0 aliphatic carbocycles. The van der Waals surface area contributed by atoms with Gasteiger partial charge < -0.3 is 15.6 Å². The van der Waals surface area contributed by atoms with Gasteiger partial charge in [0.15, 0.2) is 0 Å². The molecule has 122 valence electrons. The Morgan fingerprint density at radius 3 is 2.55 bits per heavy atom. The number of hydrogen-bond donors (Lipinski definition) is 2. The normalized spacial score (nSPS) is 20.8. The van der Waals surface area contributed by atoms with Crippen molar-refractivity contribution in [2.75, 3.05) is 6.54 Å². The van der Waals surface area contributed by atoms with Crippen LogP contribution in [0.1, 0.15) is 37.6 Å². The number of nitrogens with zero attached hydrogens (tertiary/aromatic N) is 2. The predicted octanol–water partition coefficient (Wildman–Crippen LogP) is 3.03. The number of nitrogens with one attached hydrogen (secondary N) is 1. The maximum absolute atomic E-state index is 5.60. The number of rotatable bonds is 3. The van der Waals surface area contributed by atoms with E-state index in [4.69, 9.17) is 10.3 Å². The summed E-state index contributed by atoms with van der Waals surface area (Å²) in [4.78, 5) is 4.56. The van der Waals surface area contributed by atoms with Crippen LogP contribution in [0.15, 0.2) is 28.8 Å². The number of piperidine rings is 1. The smallest absolute Gasteiger partial charge is 0.246 e. The number of benzene rings is 1. The lowest BCUT2D eigenvalue weighted by Gasteiger charge is -2.31. The number of aromatic nitrogens is 2. The molecule has 2 heterocycles. The molecule has 1 atom stereocenters. The summed E-state index contributed by atoms with van der Waals surface area (Å²) in [6.45, 7) is 3.67. The SMILES string of the molecule is CC1(c2nc(-c3ccc(CN)cc3)no2)CCCCN1.Cl.Cl. The second-order valence-corrected chi connectivity index (χ2v) is 5.54. The molecule has 1 unspecified atom stereocenters. The molecule has 1 aliphatic rings. The quantitative estimate of drug-likeness (QED) is 0.894. The second-order valence-electron chi connectivity index (χ2n) is 5.54. The molecule has 1 fully saturated rings. The Bertz CT molecular complexity index is 579. The van der Waals surface area contributed by atoms with E-state index in [2.05, 4.69) is 22.4 Å². The van der Waals surface area contributed by atoms with Crippen molar-refractivity contribution in [2.45, 2.75) is 38.3 Å². The minimum absolute atomic E-state index is 0. The molecule has 1 aromatic carbocycles. The molecule has 2 aromatic rings. The average Bonchev–Trinajstić information content (AvgIpc) is 2.99. The molecule has 1 aromatic heterocycles. The Balaban J connectivity index is 0.00000121. The Hall–Kier alpha value is -1.14. The van der Waals surface area contributed by atoms with Gasteiger partial charge in [-0.15, -0.1) is 24.8 Å². The van der Waals surface area contributed by atoms with Crippen LogP contribution in [0.4, 0.5) is 0 Å². The first-order valence-electron chi connectivity index (χ1n) is 7.10. The van der Waals surface area contributed by atoms with E-state index in [-0.39, 0.29) is 30.4 Å². The lowest BCUT2D eigenvalue weighted by Crippen LogP contribution is -2.43. The maximum Gasteiger partial charge on any atom is 0.246 e. The zero-order valence-corrected chi connectivity index (χ0v) is 14.2. The van der Waals surface area contributed by atoms with Crippen LogP contribution in [0.25, 0.3) is 11.4 Å². The molecule has 22 heavy (non-hydrogen) atoms. The van der Waals surface area contributed by atoms with E-state index < -0.39 is 0 Å². The van der Waals surface area contributed by atoms with Crippen LogP contribution in [0.2, 0.25) is 0 Å². The summed E-state index contributed by atoms with van der Waals surface area (Å²) in [5.41, 5.74) is 7.46. The van der Waals surface area contributed by atoms with Crippen molar-refractivity contribution in [3.05, 3.63) is 35.7 Å². The number of hydrogen-bond acceptors (Lipinski definition) is 5. The van der Waals surface area contributed by atoms with Gasteiger partial charge in [0.1, 0.15) is 0 Å². The van der Waals surface area contributed by atoms with Crippen LogP contribution in [-0.4, -0.2) is 16.7 Å². The molecule has 1 aliphatic heterocycles. The van der Waals surface area contributed by atoms with Crippen molar-refractivity contribution in [1.82, 2.24) is 15.5 Å². The molecule has 0 saturated carbocycles. The van der Waals surface area contributed by atoms with E-state index in [9.17, 15) is 0 Å². The minimum atomic E-state index is -0.194. The van der Waals surface area contributed by atoms with Crippen LogP contribution < -0.4 is 11.1 Å². The average molecular weight is 345 g/mol. The van der Waals surface area contributed by atoms with Crippen molar-refractivity contribution >= 4 is 24.8 Å². The Morgan fingerprint density at radius 2 is 1.95 bits per heavy atom. The molecule has 0 radical (unpaired) electrons. The van der Waals surface area contributed by atoms with E-state index in [1.165, 1.54) is 12.8 Å². The van der Waals surface area contributed by atoms with Crippen molar-refractivity contribution in [3.63, 3.8) is 0 Å². The maximum atomic E-state index is 5.60. The summed E-state index contributed by atoms with van der Waals surface area (Å²) in [5, 5.41) is 7.59. The summed E-state index contributed by atoms with van der Waals surface area (Å²) >= 11 is 0. The second kappa shape index (κ2) is 7.92. The van der Waals surface area contributed by atoms with Gasteiger partial charge in [0.25, 0.3) is 0 Å². The Kier molecular flexibility index (Phi) is 6.81. The van der Waals surface area contributed by atoms with E-state index in [0.717, 1.165) is 24.1 Å². The van der Waals surface area contributed by atoms with Gasteiger partial charge in [-0.05, 0) is 38.3 Å². The third kappa shape index (κ3) is 3.79. The van der Waals surface area contributed by atoms with E-state index >= 15 is 0 Å². The van der Waals surface area contributed by atoms with Gasteiger partial charge >= 0.3 is 0 Å². The highest BCUT2D eigenvalue weighted by Gasteiger charge is 2.34. The van der Waals surface area contributed by atoms with Gasteiger partial charge in [-0.25, -0.2) is 0 Å². The molecular formula is C15H22Cl2N4O. The highest BCUT2D eigenvalue weighted by molar-refractivity contribution is 5.85. The molecule has 5 nitrogen and oxygen atoms in total. The lowest BCUT2D eigenvalue weighted by molar-refractivity contribution is 0.207. The van der Waals surface area contributed by atoms with Gasteiger partial charge in [0.05, 0.1) is 5.54 Å².